The van der Waals surface area contributed by atoms with Gasteiger partial charge in [0.25, 0.3) is 0 Å². The first kappa shape index (κ1) is 22.7. The van der Waals surface area contributed by atoms with Gasteiger partial charge in [-0.15, -0.1) is 0 Å². The summed E-state index contributed by atoms with van der Waals surface area (Å²) >= 11 is 0. The number of hydrogen-bond acceptors (Lipinski definition) is 8. The van der Waals surface area contributed by atoms with E-state index in [1.54, 1.807) is 17.2 Å². The molecular formula is C25H32FN7O. The predicted molar refractivity (Wildman–Crippen MR) is 133 cm³/mol. The van der Waals surface area contributed by atoms with Crippen LogP contribution in [0.4, 0.5) is 27.8 Å². The largest absolute Gasteiger partial charge is 0.390 e. The number of anilines is 4. The molecule has 0 radical (unpaired) electrons. The van der Waals surface area contributed by atoms with E-state index in [1.807, 2.05) is 12.4 Å². The molecule has 3 unspecified atom stereocenters. The highest BCUT2D eigenvalue weighted by Crippen LogP contribution is 2.36. The maximum atomic E-state index is 14.7. The highest BCUT2D eigenvalue weighted by Gasteiger charge is 2.39. The smallest absolute Gasteiger partial charge is 0.227 e. The lowest BCUT2D eigenvalue weighted by Crippen LogP contribution is -2.52. The minimum atomic E-state index is -1.70. The highest BCUT2D eigenvalue weighted by molar-refractivity contribution is 5.96. The molecule has 2 aliphatic rings. The summed E-state index contributed by atoms with van der Waals surface area (Å²) in [6.45, 7) is 9.54. The van der Waals surface area contributed by atoms with Crippen LogP contribution in [0.15, 0.2) is 30.7 Å². The molecule has 0 aromatic carbocycles. The van der Waals surface area contributed by atoms with E-state index >= 15 is 0 Å². The van der Waals surface area contributed by atoms with E-state index in [1.165, 1.54) is 18.9 Å². The average molecular weight is 466 g/mol. The fourth-order valence-electron chi connectivity index (χ4n) is 4.74. The van der Waals surface area contributed by atoms with Crippen molar-refractivity contribution < 1.29 is 9.50 Å². The van der Waals surface area contributed by atoms with Crippen molar-refractivity contribution in [3.8, 4) is 0 Å². The Bertz CT molecular complexity index is 1200. The van der Waals surface area contributed by atoms with Crippen LogP contribution in [0.3, 0.4) is 0 Å². The first-order valence-corrected chi connectivity index (χ1v) is 12.0. The van der Waals surface area contributed by atoms with Crippen LogP contribution in [0, 0.1) is 0 Å². The molecule has 3 aromatic heterocycles. The van der Waals surface area contributed by atoms with E-state index in [0.29, 0.717) is 42.5 Å². The molecule has 34 heavy (non-hydrogen) atoms. The van der Waals surface area contributed by atoms with Crippen molar-refractivity contribution in [2.75, 3.05) is 34.8 Å². The Hall–Kier alpha value is -3.07. The van der Waals surface area contributed by atoms with Crippen LogP contribution in [0.1, 0.15) is 52.0 Å². The van der Waals surface area contributed by atoms with E-state index in [-0.39, 0.29) is 6.54 Å². The van der Waals surface area contributed by atoms with Crippen LogP contribution in [-0.4, -0.2) is 62.5 Å². The van der Waals surface area contributed by atoms with Gasteiger partial charge >= 0.3 is 0 Å². The number of halogens is 1. The molecular weight excluding hydrogens is 433 g/mol. The molecule has 0 aliphatic carbocycles. The van der Waals surface area contributed by atoms with Crippen molar-refractivity contribution >= 4 is 34.2 Å². The Labute approximate surface area is 199 Å². The Balaban J connectivity index is 1.44. The van der Waals surface area contributed by atoms with Gasteiger partial charge < -0.3 is 20.2 Å². The number of alkyl halides is 1. The Morgan fingerprint density at radius 3 is 2.62 bits per heavy atom. The monoisotopic (exact) mass is 465 g/mol. The number of aliphatic hydroxyl groups excluding tert-OH is 1. The van der Waals surface area contributed by atoms with Gasteiger partial charge in [0.1, 0.15) is 17.5 Å². The molecule has 9 heteroatoms. The Morgan fingerprint density at radius 1 is 1.12 bits per heavy atom. The molecule has 8 nitrogen and oxygen atoms in total. The van der Waals surface area contributed by atoms with Crippen LogP contribution in [-0.2, 0) is 0 Å². The maximum Gasteiger partial charge on any atom is 0.227 e. The predicted octanol–water partition coefficient (Wildman–Crippen LogP) is 4.18. The number of nitrogens with one attached hydrogen (secondary N) is 1. The molecule has 2 N–H and O–H groups in total. The third-order valence-corrected chi connectivity index (χ3v) is 7.04. The Kier molecular flexibility index (Phi) is 5.75. The molecule has 5 rings (SSSR count). The number of hydrogen-bond donors (Lipinski definition) is 2. The molecule has 5 heterocycles. The van der Waals surface area contributed by atoms with Crippen LogP contribution < -0.4 is 15.1 Å². The molecule has 0 amide bonds. The second-order valence-corrected chi connectivity index (χ2v) is 10.0. The molecule has 0 saturated carbocycles. The number of rotatable bonds is 5. The molecule has 2 aliphatic heterocycles. The van der Waals surface area contributed by atoms with E-state index in [2.05, 4.69) is 52.0 Å². The summed E-state index contributed by atoms with van der Waals surface area (Å²) in [5.74, 6) is 3.01. The fourth-order valence-corrected chi connectivity index (χ4v) is 4.74. The third kappa shape index (κ3) is 4.13. The lowest BCUT2D eigenvalue weighted by molar-refractivity contribution is -0.00860. The molecule has 3 atom stereocenters. The van der Waals surface area contributed by atoms with Gasteiger partial charge in [-0.1, -0.05) is 13.8 Å². The van der Waals surface area contributed by atoms with Crippen molar-refractivity contribution in [1.82, 2.24) is 19.9 Å². The molecule has 2 fully saturated rings. The summed E-state index contributed by atoms with van der Waals surface area (Å²) < 4.78 is 14.7. The van der Waals surface area contributed by atoms with Crippen LogP contribution in [0.25, 0.3) is 10.8 Å². The quantitative estimate of drug-likeness (QED) is 0.580. The van der Waals surface area contributed by atoms with E-state index < -0.39 is 11.8 Å². The van der Waals surface area contributed by atoms with E-state index in [0.717, 1.165) is 23.1 Å². The first-order valence-electron chi connectivity index (χ1n) is 12.0. The van der Waals surface area contributed by atoms with Gasteiger partial charge in [-0.05, 0) is 55.7 Å². The van der Waals surface area contributed by atoms with Gasteiger partial charge in [0.15, 0.2) is 5.67 Å². The molecule has 0 bridgehead atoms. The minimum absolute atomic E-state index is 0.0499. The lowest BCUT2D eigenvalue weighted by atomic mass is 9.94. The van der Waals surface area contributed by atoms with Crippen molar-refractivity contribution in [3.05, 3.63) is 36.3 Å². The summed E-state index contributed by atoms with van der Waals surface area (Å²) in [4.78, 5) is 22.5. The second kappa shape index (κ2) is 8.61. The zero-order chi connectivity index (χ0) is 24.0. The average Bonchev–Trinajstić information content (AvgIpc) is 2.79. The highest BCUT2D eigenvalue weighted by atomic mass is 19.1. The van der Waals surface area contributed by atoms with Gasteiger partial charge in [0.05, 0.1) is 12.6 Å². The number of nitrogens with zero attached hydrogens (tertiary/aromatic N) is 6. The van der Waals surface area contributed by atoms with Gasteiger partial charge in [0, 0.05) is 43.1 Å². The lowest BCUT2D eigenvalue weighted by Gasteiger charge is -2.40. The van der Waals surface area contributed by atoms with Crippen LogP contribution >= 0.6 is 0 Å². The first-order chi connectivity index (χ1) is 16.2. The van der Waals surface area contributed by atoms with Crippen molar-refractivity contribution in [2.24, 2.45) is 0 Å². The standard InChI is InChI=1S/C25H32FN7O/c1-15(2)18-12-29-23(33-10-6-16(33)3)19-13-28-22(11-17(18)19)30-21-5-8-27-24(31-21)32-9-7-20(34)25(4,26)14-32/h5,8,11-13,15-16,20,34H,6-7,9-10,14H2,1-4H3,(H,27,28,30,31). The second-order valence-electron chi connectivity index (χ2n) is 10.0. The fraction of sp³-hybridized carbons (Fsp3) is 0.520. The van der Waals surface area contributed by atoms with Crippen LogP contribution in [0.5, 0.6) is 0 Å². The summed E-state index contributed by atoms with van der Waals surface area (Å²) in [7, 11) is 0. The number of fused-ring (bicyclic) bond motifs is 1. The van der Waals surface area contributed by atoms with Gasteiger partial charge in [-0.2, -0.15) is 4.98 Å². The van der Waals surface area contributed by atoms with E-state index in [9.17, 15) is 9.50 Å². The summed E-state index contributed by atoms with van der Waals surface area (Å²) in [6, 6.07) is 4.31. The number of aliphatic hydroxyl groups is 1. The number of piperidine rings is 1. The summed E-state index contributed by atoms with van der Waals surface area (Å²) in [5, 5.41) is 15.4. The summed E-state index contributed by atoms with van der Waals surface area (Å²) in [5.41, 5.74) is -0.521. The zero-order valence-corrected chi connectivity index (χ0v) is 20.2. The van der Waals surface area contributed by atoms with Gasteiger partial charge in [0.2, 0.25) is 5.95 Å². The SMILES string of the molecule is CC(C)c1cnc(N2CCC2C)c2cnc(Nc3ccnc(N4CCC(O)C(C)(F)C4)n3)cc12. The number of aromatic nitrogens is 4. The third-order valence-electron chi connectivity index (χ3n) is 7.04. The van der Waals surface area contributed by atoms with Crippen molar-refractivity contribution in [3.63, 3.8) is 0 Å². The zero-order valence-electron chi connectivity index (χ0n) is 20.2. The molecule has 0 spiro atoms. The van der Waals surface area contributed by atoms with Crippen LogP contribution in [0.2, 0.25) is 0 Å². The topological polar surface area (TPSA) is 90.3 Å². The van der Waals surface area contributed by atoms with Gasteiger partial charge in [-0.25, -0.2) is 19.3 Å². The maximum absolute atomic E-state index is 14.7. The van der Waals surface area contributed by atoms with Crippen molar-refractivity contribution in [1.29, 1.82) is 0 Å². The molecule has 3 aromatic rings. The van der Waals surface area contributed by atoms with Crippen molar-refractivity contribution in [2.45, 2.75) is 64.3 Å². The van der Waals surface area contributed by atoms with Gasteiger partial charge in [-0.3, -0.25) is 0 Å². The normalized spacial score (nSPS) is 25.0. The molecule has 180 valence electrons. The molecule has 2 saturated heterocycles. The Morgan fingerprint density at radius 2 is 1.94 bits per heavy atom. The minimum Gasteiger partial charge on any atom is -0.390 e. The number of pyridine rings is 2. The van der Waals surface area contributed by atoms with E-state index in [4.69, 9.17) is 4.98 Å². The summed E-state index contributed by atoms with van der Waals surface area (Å²) in [6.07, 6.45) is 6.07.